The minimum absolute atomic E-state index is 0.698. The lowest BCUT2D eigenvalue weighted by atomic mass is 10.1. The summed E-state index contributed by atoms with van der Waals surface area (Å²) in [7, 11) is 0. The molecule has 3 rings (SSSR count). The summed E-state index contributed by atoms with van der Waals surface area (Å²) in [6.07, 6.45) is 4.82. The van der Waals surface area contributed by atoms with Crippen molar-refractivity contribution in [2.45, 2.75) is 52.6 Å². The fourth-order valence-electron chi connectivity index (χ4n) is 2.77. The van der Waals surface area contributed by atoms with Crippen LogP contribution in [-0.4, -0.2) is 14.8 Å². The van der Waals surface area contributed by atoms with Gasteiger partial charge in [-0.25, -0.2) is 9.67 Å². The van der Waals surface area contributed by atoms with Gasteiger partial charge in [-0.2, -0.15) is 5.10 Å². The first kappa shape index (κ1) is 13.2. The van der Waals surface area contributed by atoms with Gasteiger partial charge < -0.3 is 5.32 Å². The van der Waals surface area contributed by atoms with E-state index >= 15 is 0 Å². The predicted molar refractivity (Wildman–Crippen MR) is 80.8 cm³/mol. The average Bonchev–Trinajstić information content (AvgIpc) is 2.68. The van der Waals surface area contributed by atoms with E-state index in [9.17, 15) is 0 Å². The number of nitrogens with one attached hydrogen (secondary N) is 1. The molecule has 0 aliphatic carbocycles. The molecule has 1 aliphatic rings. The molecule has 2 aromatic rings. The van der Waals surface area contributed by atoms with Gasteiger partial charge in [0.2, 0.25) is 0 Å². The van der Waals surface area contributed by atoms with Crippen molar-refractivity contribution < 1.29 is 0 Å². The molecule has 0 saturated heterocycles. The third-order valence-electron chi connectivity index (χ3n) is 3.88. The van der Waals surface area contributed by atoms with E-state index in [2.05, 4.69) is 52.1 Å². The van der Waals surface area contributed by atoms with Crippen molar-refractivity contribution >= 4 is 5.69 Å². The van der Waals surface area contributed by atoms with Gasteiger partial charge in [0.05, 0.1) is 6.54 Å². The third kappa shape index (κ3) is 2.84. The number of fused-ring (bicyclic) bond motifs is 1. The van der Waals surface area contributed by atoms with E-state index in [0.717, 1.165) is 24.6 Å². The summed E-state index contributed by atoms with van der Waals surface area (Å²) in [4.78, 5) is 4.66. The molecule has 0 radical (unpaired) electrons. The van der Waals surface area contributed by atoms with Gasteiger partial charge in [-0.15, -0.1) is 0 Å². The van der Waals surface area contributed by atoms with Gasteiger partial charge in [-0.05, 0) is 38.3 Å². The van der Waals surface area contributed by atoms with Crippen LogP contribution in [0.2, 0.25) is 0 Å². The van der Waals surface area contributed by atoms with Crippen molar-refractivity contribution in [3.63, 3.8) is 0 Å². The van der Waals surface area contributed by atoms with Crippen molar-refractivity contribution in [2.24, 2.45) is 0 Å². The monoisotopic (exact) mass is 270 g/mol. The molecule has 2 heterocycles. The number of rotatable bonds is 3. The fourth-order valence-corrected chi connectivity index (χ4v) is 2.77. The number of anilines is 1. The molecule has 0 unspecified atom stereocenters. The topological polar surface area (TPSA) is 42.7 Å². The first-order chi connectivity index (χ1) is 9.72. The summed E-state index contributed by atoms with van der Waals surface area (Å²) < 4.78 is 2.09. The highest BCUT2D eigenvalue weighted by Gasteiger charge is 2.12. The highest BCUT2D eigenvalue weighted by atomic mass is 15.4. The van der Waals surface area contributed by atoms with Crippen LogP contribution in [0.3, 0.4) is 0 Å². The molecule has 0 amide bonds. The van der Waals surface area contributed by atoms with Gasteiger partial charge in [0, 0.05) is 18.7 Å². The van der Waals surface area contributed by atoms with E-state index in [4.69, 9.17) is 0 Å². The van der Waals surface area contributed by atoms with Crippen LogP contribution in [0.15, 0.2) is 18.2 Å². The summed E-state index contributed by atoms with van der Waals surface area (Å²) in [6, 6.07) is 6.45. The summed E-state index contributed by atoms with van der Waals surface area (Å²) in [6.45, 7) is 5.96. The number of nitrogens with zero attached hydrogens (tertiary/aromatic N) is 3. The highest BCUT2D eigenvalue weighted by Crippen LogP contribution is 2.17. The molecule has 1 N–H and O–H groups in total. The molecule has 0 atom stereocenters. The van der Waals surface area contributed by atoms with Crippen LogP contribution in [-0.2, 0) is 19.5 Å². The molecule has 1 aliphatic heterocycles. The quantitative estimate of drug-likeness (QED) is 0.931. The van der Waals surface area contributed by atoms with Crippen molar-refractivity contribution in [3.05, 3.63) is 41.0 Å². The number of aromatic nitrogens is 3. The van der Waals surface area contributed by atoms with Crippen molar-refractivity contribution in [2.75, 3.05) is 5.32 Å². The standard InChI is InChI=1S/C16H22N4/c1-12-7-8-14(13(2)10-12)17-11-15-18-16-6-4-3-5-9-20(16)19-15/h7-8,10,17H,3-6,9,11H2,1-2H3. The van der Waals surface area contributed by atoms with Gasteiger partial charge in [-0.3, -0.25) is 0 Å². The zero-order valence-corrected chi connectivity index (χ0v) is 12.3. The largest absolute Gasteiger partial charge is 0.377 e. The van der Waals surface area contributed by atoms with Gasteiger partial charge in [0.15, 0.2) is 5.82 Å². The molecule has 0 bridgehead atoms. The SMILES string of the molecule is Cc1ccc(NCc2nc3n(n2)CCCCC3)c(C)c1. The number of hydrogen-bond acceptors (Lipinski definition) is 3. The maximum absolute atomic E-state index is 4.66. The van der Waals surface area contributed by atoms with E-state index in [0.29, 0.717) is 6.54 Å². The predicted octanol–water partition coefficient (Wildman–Crippen LogP) is 3.23. The summed E-state index contributed by atoms with van der Waals surface area (Å²) in [5.74, 6) is 2.06. The van der Waals surface area contributed by atoms with E-state index in [1.54, 1.807) is 0 Å². The van der Waals surface area contributed by atoms with Crippen LogP contribution in [0.5, 0.6) is 0 Å². The number of benzene rings is 1. The Morgan fingerprint density at radius 2 is 2.10 bits per heavy atom. The normalized spacial score (nSPS) is 14.7. The Hall–Kier alpha value is -1.84. The first-order valence-electron chi connectivity index (χ1n) is 7.46. The van der Waals surface area contributed by atoms with Gasteiger partial charge >= 0.3 is 0 Å². The van der Waals surface area contributed by atoms with Crippen LogP contribution in [0.4, 0.5) is 5.69 Å². The Morgan fingerprint density at radius 3 is 2.95 bits per heavy atom. The van der Waals surface area contributed by atoms with Crippen LogP contribution in [0.1, 0.15) is 42.0 Å². The Kier molecular flexibility index (Phi) is 3.72. The van der Waals surface area contributed by atoms with Gasteiger partial charge in [-0.1, -0.05) is 24.1 Å². The lowest BCUT2D eigenvalue weighted by Gasteiger charge is -2.08. The zero-order valence-electron chi connectivity index (χ0n) is 12.3. The fraction of sp³-hybridized carbons (Fsp3) is 0.500. The maximum Gasteiger partial charge on any atom is 0.169 e. The maximum atomic E-state index is 4.66. The lowest BCUT2D eigenvalue weighted by Crippen LogP contribution is -2.05. The number of hydrogen-bond donors (Lipinski definition) is 1. The Balaban J connectivity index is 1.69. The molecular formula is C16H22N4. The van der Waals surface area contributed by atoms with Crippen LogP contribution < -0.4 is 5.32 Å². The van der Waals surface area contributed by atoms with Gasteiger partial charge in [0.1, 0.15) is 5.82 Å². The number of aryl methyl sites for hydroxylation is 4. The Morgan fingerprint density at radius 1 is 1.20 bits per heavy atom. The molecule has 1 aromatic heterocycles. The molecule has 20 heavy (non-hydrogen) atoms. The van der Waals surface area contributed by atoms with Crippen molar-refractivity contribution in [3.8, 4) is 0 Å². The van der Waals surface area contributed by atoms with Crippen LogP contribution in [0.25, 0.3) is 0 Å². The second kappa shape index (κ2) is 5.65. The highest BCUT2D eigenvalue weighted by molar-refractivity contribution is 5.51. The van der Waals surface area contributed by atoms with E-state index in [-0.39, 0.29) is 0 Å². The van der Waals surface area contributed by atoms with E-state index in [1.807, 2.05) is 0 Å². The first-order valence-corrected chi connectivity index (χ1v) is 7.46. The second-order valence-corrected chi connectivity index (χ2v) is 5.65. The Labute approximate surface area is 120 Å². The summed E-state index contributed by atoms with van der Waals surface area (Å²) in [5.41, 5.74) is 3.73. The smallest absolute Gasteiger partial charge is 0.169 e. The average molecular weight is 270 g/mol. The van der Waals surface area contributed by atoms with Crippen molar-refractivity contribution in [1.82, 2.24) is 14.8 Å². The molecule has 0 saturated carbocycles. The van der Waals surface area contributed by atoms with E-state index in [1.165, 1.54) is 36.1 Å². The lowest BCUT2D eigenvalue weighted by molar-refractivity contribution is 0.570. The zero-order chi connectivity index (χ0) is 13.9. The van der Waals surface area contributed by atoms with E-state index < -0.39 is 0 Å². The van der Waals surface area contributed by atoms with Crippen LogP contribution >= 0.6 is 0 Å². The molecule has 0 spiro atoms. The minimum atomic E-state index is 0.698. The second-order valence-electron chi connectivity index (χ2n) is 5.65. The molecule has 4 heteroatoms. The van der Waals surface area contributed by atoms with Crippen LogP contribution in [0, 0.1) is 13.8 Å². The molecule has 0 fully saturated rings. The molecule has 1 aromatic carbocycles. The summed E-state index contributed by atoms with van der Waals surface area (Å²) in [5, 5.41) is 8.06. The van der Waals surface area contributed by atoms with Gasteiger partial charge in [0.25, 0.3) is 0 Å². The Bertz CT molecular complexity index is 577. The van der Waals surface area contributed by atoms with Crippen molar-refractivity contribution in [1.29, 1.82) is 0 Å². The minimum Gasteiger partial charge on any atom is -0.377 e. The molecule has 106 valence electrons. The molecule has 4 nitrogen and oxygen atoms in total. The molecular weight excluding hydrogens is 248 g/mol. The third-order valence-corrected chi connectivity index (χ3v) is 3.88. The summed E-state index contributed by atoms with van der Waals surface area (Å²) >= 11 is 0.